The van der Waals surface area contributed by atoms with Crippen LogP contribution in [0.4, 0.5) is 0 Å². The minimum absolute atomic E-state index is 0.351. The van der Waals surface area contributed by atoms with Gasteiger partial charge in [0.05, 0.1) is 0 Å². The predicted molar refractivity (Wildman–Crippen MR) is 96.5 cm³/mol. The van der Waals surface area contributed by atoms with E-state index in [0.717, 1.165) is 42.4 Å². The predicted octanol–water partition coefficient (Wildman–Crippen LogP) is 6.29. The number of carboxylic acid groups (broad SMARTS) is 1. The quantitative estimate of drug-likeness (QED) is 0.381. The number of unbranched alkanes of at least 4 members (excludes halogenated alkanes) is 4. The van der Waals surface area contributed by atoms with Crippen molar-refractivity contribution < 1.29 is 9.90 Å². The second-order valence-corrected chi connectivity index (χ2v) is 8.54. The van der Waals surface area contributed by atoms with Gasteiger partial charge in [-0.1, -0.05) is 58.8 Å². The van der Waals surface area contributed by atoms with E-state index in [9.17, 15) is 4.79 Å². The van der Waals surface area contributed by atoms with E-state index in [0.29, 0.717) is 6.42 Å². The molecule has 0 amide bonds. The molecule has 0 aliphatic heterocycles. The summed E-state index contributed by atoms with van der Waals surface area (Å²) in [7, 11) is 0. The molecule has 2 fully saturated rings. The zero-order valence-electron chi connectivity index (χ0n) is 15.4. The molecule has 5 atom stereocenters. The zero-order chi connectivity index (χ0) is 16.7. The lowest BCUT2D eigenvalue weighted by Crippen LogP contribution is -1.94. The minimum Gasteiger partial charge on any atom is -0.481 e. The van der Waals surface area contributed by atoms with Crippen LogP contribution in [0.15, 0.2) is 0 Å². The molecule has 0 aromatic rings. The highest BCUT2D eigenvalue weighted by Gasteiger charge is 2.44. The highest BCUT2D eigenvalue weighted by molar-refractivity contribution is 5.66. The Bertz CT molecular complexity index is 352. The van der Waals surface area contributed by atoms with Crippen molar-refractivity contribution >= 4 is 5.97 Å². The fraction of sp³-hybridized carbons (Fsp3) is 0.952. The largest absolute Gasteiger partial charge is 0.481 e. The summed E-state index contributed by atoms with van der Waals surface area (Å²) in [6.45, 7) is 4.71. The second kappa shape index (κ2) is 9.69. The molecule has 0 saturated heterocycles. The van der Waals surface area contributed by atoms with Gasteiger partial charge in [0.1, 0.15) is 0 Å². The van der Waals surface area contributed by atoms with E-state index in [-0.39, 0.29) is 0 Å². The Labute approximate surface area is 143 Å². The number of hydrogen-bond donors (Lipinski definition) is 1. The summed E-state index contributed by atoms with van der Waals surface area (Å²) in [5.41, 5.74) is 0. The van der Waals surface area contributed by atoms with Gasteiger partial charge in [-0.2, -0.15) is 0 Å². The van der Waals surface area contributed by atoms with Gasteiger partial charge in [0.15, 0.2) is 0 Å². The van der Waals surface area contributed by atoms with Crippen molar-refractivity contribution in [1.29, 1.82) is 0 Å². The van der Waals surface area contributed by atoms with Crippen molar-refractivity contribution in [1.82, 2.24) is 0 Å². The summed E-state index contributed by atoms with van der Waals surface area (Å²) in [4.78, 5) is 10.4. The van der Waals surface area contributed by atoms with Crippen molar-refractivity contribution in [2.24, 2.45) is 29.6 Å². The lowest BCUT2D eigenvalue weighted by Gasteiger charge is -2.07. The second-order valence-electron chi connectivity index (χ2n) is 8.54. The van der Waals surface area contributed by atoms with E-state index in [1.807, 2.05) is 0 Å². The average Bonchev–Trinajstić information content (AvgIpc) is 3.43. The molecule has 2 saturated carbocycles. The maximum atomic E-state index is 10.4. The zero-order valence-corrected chi connectivity index (χ0v) is 15.4. The smallest absolute Gasteiger partial charge is 0.303 e. The molecule has 0 aromatic heterocycles. The van der Waals surface area contributed by atoms with Crippen molar-refractivity contribution in [3.63, 3.8) is 0 Å². The molecule has 2 aliphatic carbocycles. The number of carboxylic acids is 1. The van der Waals surface area contributed by atoms with Crippen LogP contribution in [0.2, 0.25) is 0 Å². The molecule has 0 radical (unpaired) electrons. The van der Waals surface area contributed by atoms with E-state index in [4.69, 9.17) is 5.11 Å². The van der Waals surface area contributed by atoms with Crippen LogP contribution in [-0.4, -0.2) is 11.1 Å². The first kappa shape index (κ1) is 18.8. The lowest BCUT2D eigenvalue weighted by atomic mass is 9.99. The van der Waals surface area contributed by atoms with Gasteiger partial charge in [0.25, 0.3) is 0 Å². The topological polar surface area (TPSA) is 37.3 Å². The van der Waals surface area contributed by atoms with Gasteiger partial charge >= 0.3 is 5.97 Å². The van der Waals surface area contributed by atoms with Crippen LogP contribution in [0.5, 0.6) is 0 Å². The monoisotopic (exact) mass is 322 g/mol. The van der Waals surface area contributed by atoms with E-state index in [1.165, 1.54) is 64.2 Å². The Kier molecular flexibility index (Phi) is 7.92. The van der Waals surface area contributed by atoms with Crippen molar-refractivity contribution in [3.05, 3.63) is 0 Å². The summed E-state index contributed by atoms with van der Waals surface area (Å²) < 4.78 is 0. The molecule has 2 aliphatic rings. The molecule has 1 N–H and O–H groups in total. The highest BCUT2D eigenvalue weighted by Crippen LogP contribution is 2.54. The van der Waals surface area contributed by atoms with Gasteiger partial charge in [-0.25, -0.2) is 0 Å². The molecule has 0 bridgehead atoms. The van der Waals surface area contributed by atoms with Gasteiger partial charge in [0, 0.05) is 6.42 Å². The third-order valence-electron chi connectivity index (χ3n) is 6.44. The van der Waals surface area contributed by atoms with Crippen molar-refractivity contribution in [2.75, 3.05) is 0 Å². The molecule has 23 heavy (non-hydrogen) atoms. The molecule has 2 nitrogen and oxygen atoms in total. The first-order valence-corrected chi connectivity index (χ1v) is 10.3. The SMILES string of the molecule is CCC(C)CC[C@@H]1C[C@@H]1CC1C[C@H]1CCCCCCCC(=O)O. The van der Waals surface area contributed by atoms with Crippen LogP contribution in [0.25, 0.3) is 0 Å². The molecular weight excluding hydrogens is 284 g/mol. The standard InChI is InChI=1S/C21H38O2/c1-3-16(2)11-12-18-14-20(18)15-19-13-17(19)9-7-5-4-6-8-10-21(22)23/h16-20H,3-15H2,1-2H3,(H,22,23)/t16?,17-,18-,19?,20-/m1/s1. The Morgan fingerprint density at radius 3 is 2.22 bits per heavy atom. The van der Waals surface area contributed by atoms with E-state index in [2.05, 4.69) is 13.8 Å². The summed E-state index contributed by atoms with van der Waals surface area (Å²) in [6, 6.07) is 0. The minimum atomic E-state index is -0.645. The summed E-state index contributed by atoms with van der Waals surface area (Å²) in [5, 5.41) is 8.60. The Morgan fingerprint density at radius 2 is 1.57 bits per heavy atom. The van der Waals surface area contributed by atoms with Crippen LogP contribution in [0.1, 0.15) is 97.3 Å². The van der Waals surface area contributed by atoms with Crippen LogP contribution in [0, 0.1) is 29.6 Å². The number of aliphatic carboxylic acids is 1. The number of carbonyl (C=O) groups is 1. The Balaban J connectivity index is 1.38. The van der Waals surface area contributed by atoms with Gasteiger partial charge in [0.2, 0.25) is 0 Å². The molecule has 0 spiro atoms. The molecule has 2 rings (SSSR count). The molecule has 2 unspecified atom stereocenters. The number of hydrogen-bond acceptors (Lipinski definition) is 1. The fourth-order valence-electron chi connectivity index (χ4n) is 4.21. The van der Waals surface area contributed by atoms with Crippen LogP contribution in [-0.2, 0) is 4.79 Å². The summed E-state index contributed by atoms with van der Waals surface area (Å²) >= 11 is 0. The molecule has 134 valence electrons. The molecule has 0 heterocycles. The maximum Gasteiger partial charge on any atom is 0.303 e. The molecule has 2 heteroatoms. The van der Waals surface area contributed by atoms with Gasteiger partial charge < -0.3 is 5.11 Å². The maximum absolute atomic E-state index is 10.4. The summed E-state index contributed by atoms with van der Waals surface area (Å²) in [6.07, 6.45) is 16.5. The van der Waals surface area contributed by atoms with E-state index in [1.54, 1.807) is 0 Å². The Hall–Kier alpha value is -0.530. The van der Waals surface area contributed by atoms with Crippen LogP contribution >= 0.6 is 0 Å². The first-order valence-electron chi connectivity index (χ1n) is 10.3. The van der Waals surface area contributed by atoms with Gasteiger partial charge in [-0.15, -0.1) is 0 Å². The van der Waals surface area contributed by atoms with Crippen LogP contribution < -0.4 is 0 Å². The average molecular weight is 323 g/mol. The van der Waals surface area contributed by atoms with Crippen molar-refractivity contribution in [2.45, 2.75) is 97.3 Å². The van der Waals surface area contributed by atoms with Crippen LogP contribution in [0.3, 0.4) is 0 Å². The third-order valence-corrected chi connectivity index (χ3v) is 6.44. The third kappa shape index (κ3) is 7.72. The van der Waals surface area contributed by atoms with Crippen molar-refractivity contribution in [3.8, 4) is 0 Å². The summed E-state index contributed by atoms with van der Waals surface area (Å²) in [5.74, 6) is 4.57. The normalized spacial score (nSPS) is 30.2. The van der Waals surface area contributed by atoms with Gasteiger partial charge in [-0.05, 0) is 61.7 Å². The Morgan fingerprint density at radius 1 is 0.957 bits per heavy atom. The van der Waals surface area contributed by atoms with Gasteiger partial charge in [-0.3, -0.25) is 4.79 Å². The number of rotatable bonds is 14. The molecular formula is C21H38O2. The van der Waals surface area contributed by atoms with E-state index < -0.39 is 5.97 Å². The highest BCUT2D eigenvalue weighted by atomic mass is 16.4. The molecule has 0 aromatic carbocycles. The fourth-order valence-corrected chi connectivity index (χ4v) is 4.21. The van der Waals surface area contributed by atoms with E-state index >= 15 is 0 Å². The lowest BCUT2D eigenvalue weighted by molar-refractivity contribution is -0.137. The first-order chi connectivity index (χ1) is 11.1.